The molecule has 0 spiro atoms. The minimum Gasteiger partial charge on any atom is -0.370 e. The molecule has 1 aromatic heterocycles. The molecular weight excluding hydrogens is 447 g/mol. The van der Waals surface area contributed by atoms with Gasteiger partial charge in [-0.15, -0.1) is 0 Å². The lowest BCUT2D eigenvalue weighted by molar-refractivity contribution is -0.185. The molecular formula is C24H22F3N5O2. The number of nitrogens with one attached hydrogen (secondary N) is 1. The molecule has 1 aliphatic heterocycles. The molecule has 0 amide bonds. The van der Waals surface area contributed by atoms with Crippen molar-refractivity contribution in [3.05, 3.63) is 65.9 Å². The number of alkyl halides is 3. The number of amidine groups is 1. The Balaban J connectivity index is 1.61. The van der Waals surface area contributed by atoms with E-state index in [0.717, 1.165) is 22.9 Å². The third-order valence-corrected chi connectivity index (χ3v) is 5.90. The zero-order valence-electron chi connectivity index (χ0n) is 18.4. The third kappa shape index (κ3) is 4.16. The molecule has 0 saturated carbocycles. The van der Waals surface area contributed by atoms with Crippen LogP contribution in [0.2, 0.25) is 0 Å². The number of rotatable bonds is 5. The van der Waals surface area contributed by atoms with Crippen molar-refractivity contribution in [2.75, 3.05) is 16.8 Å². The molecule has 0 unspecified atom stereocenters. The maximum atomic E-state index is 13.5. The highest BCUT2D eigenvalue weighted by molar-refractivity contribution is 6.02. The van der Waals surface area contributed by atoms with Crippen LogP contribution in [0.3, 0.4) is 0 Å². The molecule has 34 heavy (non-hydrogen) atoms. The lowest BCUT2D eigenvalue weighted by atomic mass is 9.97. The van der Waals surface area contributed by atoms with Gasteiger partial charge in [0.1, 0.15) is 17.2 Å². The molecule has 2 aromatic carbocycles. The SMILES string of the molecule is CC1(C)N(c2ccc(C#N)c(C(F)(F)F)c2)C(CCNc2cc3ccccc3cn2)=NC1(O)O. The highest BCUT2D eigenvalue weighted by Crippen LogP contribution is 2.41. The summed E-state index contributed by atoms with van der Waals surface area (Å²) in [4.78, 5) is 9.70. The van der Waals surface area contributed by atoms with Crippen molar-refractivity contribution in [1.82, 2.24) is 4.98 Å². The standard InChI is InChI=1S/C24H22F3N5O2/c1-22(2)24(33,34)31-21(9-10-29-20-11-15-5-3-4-6-17(15)14-30-20)32(22)18-8-7-16(13-28)19(12-18)23(25,26)27/h3-8,11-12,14,33-34H,9-10H2,1-2H3,(H,29,30). The van der Waals surface area contributed by atoms with E-state index in [1.165, 1.54) is 24.8 Å². The molecule has 2 heterocycles. The maximum absolute atomic E-state index is 13.5. The Morgan fingerprint density at radius 1 is 1.09 bits per heavy atom. The van der Waals surface area contributed by atoms with E-state index in [9.17, 15) is 23.4 Å². The first-order valence-electron chi connectivity index (χ1n) is 10.5. The van der Waals surface area contributed by atoms with Gasteiger partial charge < -0.3 is 20.4 Å². The van der Waals surface area contributed by atoms with Crippen LogP contribution in [0, 0.1) is 11.3 Å². The van der Waals surface area contributed by atoms with Crippen LogP contribution < -0.4 is 10.2 Å². The zero-order chi connectivity index (χ0) is 24.7. The van der Waals surface area contributed by atoms with Crippen molar-refractivity contribution in [2.45, 2.75) is 37.9 Å². The number of halogens is 3. The van der Waals surface area contributed by atoms with Gasteiger partial charge in [0, 0.05) is 30.2 Å². The largest absolute Gasteiger partial charge is 0.417 e. The maximum Gasteiger partial charge on any atom is 0.417 e. The van der Waals surface area contributed by atoms with Crippen LogP contribution in [0.15, 0.2) is 59.7 Å². The topological polar surface area (TPSA) is 105 Å². The van der Waals surface area contributed by atoms with E-state index < -0.39 is 28.8 Å². The van der Waals surface area contributed by atoms with E-state index in [4.69, 9.17) is 5.26 Å². The number of aliphatic hydroxyl groups is 2. The van der Waals surface area contributed by atoms with Gasteiger partial charge in [0.25, 0.3) is 5.91 Å². The first-order chi connectivity index (χ1) is 15.9. The number of aliphatic imine (C=N–C) groups is 1. The first kappa shape index (κ1) is 23.5. The van der Waals surface area contributed by atoms with Gasteiger partial charge in [-0.25, -0.2) is 9.98 Å². The van der Waals surface area contributed by atoms with Crippen LogP contribution in [-0.2, 0) is 6.18 Å². The van der Waals surface area contributed by atoms with Gasteiger partial charge in [-0.1, -0.05) is 24.3 Å². The Morgan fingerprint density at radius 3 is 2.47 bits per heavy atom. The Morgan fingerprint density at radius 2 is 1.79 bits per heavy atom. The van der Waals surface area contributed by atoms with Gasteiger partial charge in [0.05, 0.1) is 17.2 Å². The van der Waals surface area contributed by atoms with E-state index >= 15 is 0 Å². The normalized spacial score (nSPS) is 16.9. The van der Waals surface area contributed by atoms with Gasteiger partial charge in [-0.2, -0.15) is 18.4 Å². The Hall–Kier alpha value is -3.68. The van der Waals surface area contributed by atoms with Crippen LogP contribution in [0.5, 0.6) is 0 Å². The van der Waals surface area contributed by atoms with E-state index in [0.29, 0.717) is 5.82 Å². The number of nitrogens with zero attached hydrogens (tertiary/aromatic N) is 4. The number of hydrogen-bond donors (Lipinski definition) is 3. The van der Waals surface area contributed by atoms with Crippen LogP contribution in [0.1, 0.15) is 31.4 Å². The van der Waals surface area contributed by atoms with Gasteiger partial charge in [-0.3, -0.25) is 0 Å². The third-order valence-electron chi connectivity index (χ3n) is 5.90. The number of aromatic nitrogens is 1. The predicted molar refractivity (Wildman–Crippen MR) is 122 cm³/mol. The second kappa shape index (κ2) is 8.27. The number of nitriles is 1. The molecule has 1 aliphatic rings. The van der Waals surface area contributed by atoms with Crippen molar-refractivity contribution in [1.29, 1.82) is 5.26 Å². The summed E-state index contributed by atoms with van der Waals surface area (Å²) in [6, 6.07) is 14.4. The molecule has 0 atom stereocenters. The second-order valence-electron chi connectivity index (χ2n) is 8.49. The van der Waals surface area contributed by atoms with E-state index in [-0.39, 0.29) is 24.5 Å². The number of fused-ring (bicyclic) bond motifs is 1. The lowest BCUT2D eigenvalue weighted by Crippen LogP contribution is -2.56. The Labute approximate surface area is 193 Å². The van der Waals surface area contributed by atoms with Gasteiger partial charge in [0.2, 0.25) is 0 Å². The van der Waals surface area contributed by atoms with Crippen molar-refractivity contribution >= 4 is 28.1 Å². The number of pyridine rings is 1. The van der Waals surface area contributed by atoms with Crippen molar-refractivity contribution in [2.24, 2.45) is 4.99 Å². The first-order valence-corrected chi connectivity index (χ1v) is 10.5. The zero-order valence-corrected chi connectivity index (χ0v) is 18.4. The summed E-state index contributed by atoms with van der Waals surface area (Å²) in [6.45, 7) is 3.22. The van der Waals surface area contributed by atoms with Crippen LogP contribution in [-0.4, -0.2) is 39.0 Å². The number of hydrogen-bond acceptors (Lipinski definition) is 7. The Bertz CT molecular complexity index is 1310. The van der Waals surface area contributed by atoms with Crippen LogP contribution in [0.4, 0.5) is 24.7 Å². The lowest BCUT2D eigenvalue weighted by Gasteiger charge is -2.39. The fourth-order valence-corrected chi connectivity index (χ4v) is 3.96. The summed E-state index contributed by atoms with van der Waals surface area (Å²) >= 11 is 0. The predicted octanol–water partition coefficient (Wildman–Crippen LogP) is 4.26. The molecule has 3 N–H and O–H groups in total. The second-order valence-corrected chi connectivity index (χ2v) is 8.49. The number of benzene rings is 2. The minimum absolute atomic E-state index is 0.0453. The summed E-state index contributed by atoms with van der Waals surface area (Å²) in [5.41, 5.74) is -3.05. The molecule has 176 valence electrons. The molecule has 0 fully saturated rings. The smallest absolute Gasteiger partial charge is 0.370 e. The molecule has 3 aromatic rings. The van der Waals surface area contributed by atoms with Crippen molar-refractivity contribution in [3.63, 3.8) is 0 Å². The van der Waals surface area contributed by atoms with Crippen LogP contribution in [0.25, 0.3) is 10.8 Å². The summed E-state index contributed by atoms with van der Waals surface area (Å²) in [5, 5.41) is 35.2. The van der Waals surface area contributed by atoms with E-state index in [2.05, 4.69) is 15.3 Å². The molecule has 0 bridgehead atoms. The summed E-state index contributed by atoms with van der Waals surface area (Å²) < 4.78 is 40.6. The molecule has 0 saturated heterocycles. The molecule has 0 radical (unpaired) electrons. The fraction of sp³-hybridized carbons (Fsp3) is 0.292. The van der Waals surface area contributed by atoms with Crippen LogP contribution >= 0.6 is 0 Å². The van der Waals surface area contributed by atoms with Crippen molar-refractivity contribution < 1.29 is 23.4 Å². The highest BCUT2D eigenvalue weighted by atomic mass is 19.4. The molecule has 4 rings (SSSR count). The van der Waals surface area contributed by atoms with E-state index in [1.807, 2.05) is 30.3 Å². The molecule has 10 heteroatoms. The molecule has 7 nitrogen and oxygen atoms in total. The summed E-state index contributed by atoms with van der Waals surface area (Å²) in [5.74, 6) is -1.75. The minimum atomic E-state index is -4.75. The van der Waals surface area contributed by atoms with Gasteiger partial charge in [-0.05, 0) is 43.5 Å². The fourth-order valence-electron chi connectivity index (χ4n) is 3.96. The monoisotopic (exact) mass is 469 g/mol. The molecule has 0 aliphatic carbocycles. The van der Waals surface area contributed by atoms with Crippen molar-refractivity contribution in [3.8, 4) is 6.07 Å². The highest BCUT2D eigenvalue weighted by Gasteiger charge is 2.54. The average molecular weight is 469 g/mol. The van der Waals surface area contributed by atoms with E-state index in [1.54, 1.807) is 12.3 Å². The Kier molecular flexibility index (Phi) is 5.71. The summed E-state index contributed by atoms with van der Waals surface area (Å²) in [7, 11) is 0. The van der Waals surface area contributed by atoms with Gasteiger partial charge >= 0.3 is 6.18 Å². The van der Waals surface area contributed by atoms with Gasteiger partial charge in [0.15, 0.2) is 0 Å². The quantitative estimate of drug-likeness (QED) is 0.483. The summed E-state index contributed by atoms with van der Waals surface area (Å²) in [6.07, 6.45) is -2.86. The average Bonchev–Trinajstić information content (AvgIpc) is 2.96. The number of anilines is 2.